The fraction of sp³-hybridized carbons (Fsp3) is 0.533. The van der Waals surface area contributed by atoms with Gasteiger partial charge in [-0.3, -0.25) is 19.3 Å². The molecule has 22 heavy (non-hydrogen) atoms. The maximum absolute atomic E-state index is 12.0. The number of piperazine rings is 1. The van der Waals surface area contributed by atoms with Crippen LogP contribution < -0.4 is 5.56 Å². The third-order valence-corrected chi connectivity index (χ3v) is 3.75. The van der Waals surface area contributed by atoms with Crippen molar-refractivity contribution in [3.8, 4) is 0 Å². The number of methoxy groups -OCH3 is 1. The number of nitrogens with one attached hydrogen (secondary N) is 1. The normalized spacial score (nSPS) is 15.6. The van der Waals surface area contributed by atoms with E-state index in [1.807, 2.05) is 6.07 Å². The summed E-state index contributed by atoms with van der Waals surface area (Å²) < 4.78 is 4.54. The van der Waals surface area contributed by atoms with Crippen molar-refractivity contribution in [1.82, 2.24) is 14.8 Å². The quantitative estimate of drug-likeness (QED) is 0.773. The summed E-state index contributed by atoms with van der Waals surface area (Å²) in [7, 11) is 1.32. The molecular weight excluding hydrogens is 286 g/mol. The Balaban J connectivity index is 1.75. The molecular formula is C15H21N3O4. The van der Waals surface area contributed by atoms with E-state index in [9.17, 15) is 14.4 Å². The van der Waals surface area contributed by atoms with Gasteiger partial charge in [-0.2, -0.15) is 0 Å². The molecule has 0 bridgehead atoms. The fourth-order valence-electron chi connectivity index (χ4n) is 2.42. The Bertz CT molecular complexity index is 556. The van der Waals surface area contributed by atoms with Crippen molar-refractivity contribution in [3.63, 3.8) is 0 Å². The number of hydrogen-bond donors (Lipinski definition) is 1. The Morgan fingerprint density at radius 1 is 1.18 bits per heavy atom. The van der Waals surface area contributed by atoms with Gasteiger partial charge in [-0.25, -0.2) is 0 Å². The number of nitrogens with zero attached hydrogens (tertiary/aromatic N) is 2. The van der Waals surface area contributed by atoms with Crippen molar-refractivity contribution in [2.75, 3.05) is 33.3 Å². The van der Waals surface area contributed by atoms with Gasteiger partial charge in [0.2, 0.25) is 11.5 Å². The van der Waals surface area contributed by atoms with Crippen molar-refractivity contribution in [2.45, 2.75) is 19.4 Å². The number of aromatic nitrogens is 1. The molecule has 0 aliphatic carbocycles. The highest BCUT2D eigenvalue weighted by Crippen LogP contribution is 2.09. The van der Waals surface area contributed by atoms with Crippen molar-refractivity contribution in [1.29, 1.82) is 0 Å². The molecule has 1 amide bonds. The molecule has 7 heteroatoms. The van der Waals surface area contributed by atoms with E-state index in [0.717, 1.165) is 25.2 Å². The smallest absolute Gasteiger partial charge is 0.306 e. The Hall–Kier alpha value is -2.15. The predicted molar refractivity (Wildman–Crippen MR) is 80.2 cm³/mol. The topological polar surface area (TPSA) is 82.7 Å². The van der Waals surface area contributed by atoms with Gasteiger partial charge >= 0.3 is 5.97 Å². The largest absolute Gasteiger partial charge is 0.469 e. The van der Waals surface area contributed by atoms with Crippen LogP contribution in [0.5, 0.6) is 0 Å². The first-order valence-electron chi connectivity index (χ1n) is 7.33. The van der Waals surface area contributed by atoms with Crippen LogP contribution in [0, 0.1) is 0 Å². The van der Waals surface area contributed by atoms with Crippen molar-refractivity contribution in [3.05, 3.63) is 34.2 Å². The van der Waals surface area contributed by atoms with E-state index < -0.39 is 0 Å². The summed E-state index contributed by atoms with van der Waals surface area (Å²) in [5.41, 5.74) is 0.940. The molecule has 1 fully saturated rings. The number of esters is 1. The molecule has 1 aliphatic heterocycles. The maximum Gasteiger partial charge on any atom is 0.306 e. The molecule has 0 saturated carbocycles. The molecule has 0 unspecified atom stereocenters. The zero-order chi connectivity index (χ0) is 15.9. The first-order valence-corrected chi connectivity index (χ1v) is 7.33. The van der Waals surface area contributed by atoms with Gasteiger partial charge in [0.1, 0.15) is 0 Å². The Labute approximate surface area is 128 Å². The van der Waals surface area contributed by atoms with Crippen LogP contribution in [0.25, 0.3) is 0 Å². The van der Waals surface area contributed by atoms with E-state index in [4.69, 9.17) is 0 Å². The lowest BCUT2D eigenvalue weighted by Gasteiger charge is -2.34. The first kappa shape index (κ1) is 16.2. The number of hydrogen-bond acceptors (Lipinski definition) is 5. The molecule has 7 nitrogen and oxygen atoms in total. The summed E-state index contributed by atoms with van der Waals surface area (Å²) in [5, 5.41) is 0. The lowest BCUT2D eigenvalue weighted by molar-refractivity contribution is -0.144. The third kappa shape index (κ3) is 4.70. The van der Waals surface area contributed by atoms with Gasteiger partial charge in [0.15, 0.2) is 0 Å². The minimum absolute atomic E-state index is 0.00547. The lowest BCUT2D eigenvalue weighted by Crippen LogP contribution is -2.48. The second kappa shape index (κ2) is 7.74. The van der Waals surface area contributed by atoms with Crippen LogP contribution in [-0.2, 0) is 20.9 Å². The molecule has 0 radical (unpaired) electrons. The molecule has 2 rings (SSSR count). The van der Waals surface area contributed by atoms with Crippen molar-refractivity contribution < 1.29 is 14.3 Å². The first-order chi connectivity index (χ1) is 10.6. The van der Waals surface area contributed by atoms with Gasteiger partial charge in [0.25, 0.3) is 0 Å². The molecule has 0 atom stereocenters. The van der Waals surface area contributed by atoms with Crippen LogP contribution in [0.2, 0.25) is 0 Å². The molecule has 1 aliphatic rings. The average molecular weight is 307 g/mol. The van der Waals surface area contributed by atoms with E-state index in [2.05, 4.69) is 14.6 Å². The lowest BCUT2D eigenvalue weighted by atomic mass is 10.2. The zero-order valence-electron chi connectivity index (χ0n) is 12.7. The van der Waals surface area contributed by atoms with E-state index >= 15 is 0 Å². The standard InChI is InChI=1S/C15H21N3O4/c1-22-15(21)5-4-14(20)18-8-6-17(7-9-18)11-12-2-3-13(19)16-10-12/h2-3,10H,4-9,11H2,1H3,(H,16,19). The highest BCUT2D eigenvalue weighted by molar-refractivity contribution is 5.81. The molecule has 1 saturated heterocycles. The summed E-state index contributed by atoms with van der Waals surface area (Å²) in [6.07, 6.45) is 2.05. The highest BCUT2D eigenvalue weighted by Gasteiger charge is 2.21. The average Bonchev–Trinajstić information content (AvgIpc) is 2.55. The second-order valence-electron chi connectivity index (χ2n) is 5.29. The van der Waals surface area contributed by atoms with Gasteiger partial charge in [-0.05, 0) is 5.56 Å². The number of carbonyl (C=O) groups excluding carboxylic acids is 2. The number of rotatable bonds is 5. The maximum atomic E-state index is 12.0. The summed E-state index contributed by atoms with van der Waals surface area (Å²) >= 11 is 0. The fourth-order valence-corrected chi connectivity index (χ4v) is 2.42. The van der Waals surface area contributed by atoms with Crippen LogP contribution in [0.15, 0.2) is 23.1 Å². The van der Waals surface area contributed by atoms with Crippen LogP contribution in [0.3, 0.4) is 0 Å². The number of aromatic amines is 1. The number of pyridine rings is 1. The van der Waals surface area contributed by atoms with Gasteiger partial charge in [0, 0.05) is 51.4 Å². The zero-order valence-corrected chi connectivity index (χ0v) is 12.7. The molecule has 1 N–H and O–H groups in total. The molecule has 2 heterocycles. The van der Waals surface area contributed by atoms with Gasteiger partial charge in [-0.1, -0.05) is 6.07 Å². The monoisotopic (exact) mass is 307 g/mol. The minimum atomic E-state index is -0.356. The van der Waals surface area contributed by atoms with Crippen molar-refractivity contribution >= 4 is 11.9 Å². The SMILES string of the molecule is COC(=O)CCC(=O)N1CCN(Cc2ccc(=O)[nH]c2)CC1. The molecule has 1 aromatic rings. The molecule has 1 aromatic heterocycles. The van der Waals surface area contributed by atoms with Crippen LogP contribution >= 0.6 is 0 Å². The Morgan fingerprint density at radius 2 is 1.91 bits per heavy atom. The Morgan fingerprint density at radius 3 is 2.50 bits per heavy atom. The minimum Gasteiger partial charge on any atom is -0.469 e. The summed E-state index contributed by atoms with van der Waals surface area (Å²) in [4.78, 5) is 40.7. The molecule has 120 valence electrons. The third-order valence-electron chi connectivity index (χ3n) is 3.75. The van der Waals surface area contributed by atoms with Crippen LogP contribution in [0.4, 0.5) is 0 Å². The second-order valence-corrected chi connectivity index (χ2v) is 5.29. The van der Waals surface area contributed by atoms with Crippen molar-refractivity contribution in [2.24, 2.45) is 0 Å². The van der Waals surface area contributed by atoms with Gasteiger partial charge in [-0.15, -0.1) is 0 Å². The molecule has 0 spiro atoms. The van der Waals surface area contributed by atoms with E-state index in [-0.39, 0.29) is 30.3 Å². The number of amides is 1. The highest BCUT2D eigenvalue weighted by atomic mass is 16.5. The van der Waals surface area contributed by atoms with E-state index in [1.165, 1.54) is 13.2 Å². The van der Waals surface area contributed by atoms with E-state index in [1.54, 1.807) is 11.1 Å². The molecule has 0 aromatic carbocycles. The Kier molecular flexibility index (Phi) is 5.71. The van der Waals surface area contributed by atoms with Crippen LogP contribution in [0.1, 0.15) is 18.4 Å². The van der Waals surface area contributed by atoms with E-state index in [0.29, 0.717) is 13.1 Å². The summed E-state index contributed by atoms with van der Waals surface area (Å²) in [6, 6.07) is 3.33. The number of ether oxygens (including phenoxy) is 1. The van der Waals surface area contributed by atoms with Crippen LogP contribution in [-0.4, -0.2) is 59.9 Å². The predicted octanol–water partition coefficient (Wildman–Crippen LogP) is -0.0277. The number of carbonyl (C=O) groups is 2. The summed E-state index contributed by atoms with van der Waals surface area (Å²) in [6.45, 7) is 3.62. The van der Waals surface area contributed by atoms with Gasteiger partial charge in [0.05, 0.1) is 13.5 Å². The summed E-state index contributed by atoms with van der Waals surface area (Å²) in [5.74, 6) is -0.362. The van der Waals surface area contributed by atoms with Gasteiger partial charge < -0.3 is 14.6 Å². The number of H-pyrrole nitrogens is 1.